The van der Waals surface area contributed by atoms with Crippen LogP contribution < -0.4 is 5.32 Å². The van der Waals surface area contributed by atoms with E-state index in [1.54, 1.807) is 12.4 Å². The summed E-state index contributed by atoms with van der Waals surface area (Å²) in [7, 11) is 0. The van der Waals surface area contributed by atoms with Crippen LogP contribution in [0.1, 0.15) is 50.8 Å². The Morgan fingerprint density at radius 1 is 1.30 bits per heavy atom. The van der Waals surface area contributed by atoms with Gasteiger partial charge in [0.1, 0.15) is 5.82 Å². The van der Waals surface area contributed by atoms with Crippen LogP contribution in [0, 0.1) is 5.41 Å². The number of carboxylic acids is 1. The second-order valence-corrected chi connectivity index (χ2v) is 5.49. The lowest BCUT2D eigenvalue weighted by atomic mass is 9.77. The molecule has 1 saturated carbocycles. The van der Waals surface area contributed by atoms with E-state index in [4.69, 9.17) is 0 Å². The van der Waals surface area contributed by atoms with Crippen LogP contribution in [0.5, 0.6) is 0 Å². The zero-order valence-electron chi connectivity index (χ0n) is 11.5. The standard InChI is InChI=1S/C14H21N3O3/c18-12(17-10-11-15-7-8-16-11)9-14(13(19)20)5-3-1-2-4-6-14/h7-8H,1-6,9-10H2,(H,15,16)(H,17,18)(H,19,20). The number of carboxylic acid groups (broad SMARTS) is 1. The number of aromatic nitrogens is 2. The van der Waals surface area contributed by atoms with Crippen molar-refractivity contribution < 1.29 is 14.7 Å². The molecule has 1 heterocycles. The Balaban J connectivity index is 1.93. The summed E-state index contributed by atoms with van der Waals surface area (Å²) >= 11 is 0. The van der Waals surface area contributed by atoms with Crippen molar-refractivity contribution in [1.29, 1.82) is 0 Å². The second kappa shape index (κ2) is 6.54. The minimum atomic E-state index is -0.885. The molecule has 0 spiro atoms. The minimum absolute atomic E-state index is 0.0586. The number of carbonyl (C=O) groups excluding carboxylic acids is 1. The van der Waals surface area contributed by atoms with Crippen molar-refractivity contribution in [1.82, 2.24) is 15.3 Å². The van der Waals surface area contributed by atoms with Crippen LogP contribution in [-0.2, 0) is 16.1 Å². The van der Waals surface area contributed by atoms with Gasteiger partial charge < -0.3 is 15.4 Å². The lowest BCUT2D eigenvalue weighted by Crippen LogP contribution is -2.37. The highest BCUT2D eigenvalue weighted by Gasteiger charge is 2.40. The monoisotopic (exact) mass is 279 g/mol. The molecule has 0 aliphatic heterocycles. The molecule has 0 aromatic carbocycles. The lowest BCUT2D eigenvalue weighted by molar-refractivity contribution is -0.152. The summed E-state index contributed by atoms with van der Waals surface area (Å²) in [6, 6.07) is 0. The van der Waals surface area contributed by atoms with Crippen molar-refractivity contribution in [3.63, 3.8) is 0 Å². The molecule has 0 unspecified atom stereocenters. The van der Waals surface area contributed by atoms with Crippen LogP contribution in [-0.4, -0.2) is 27.0 Å². The Bertz CT molecular complexity index is 448. The third-order valence-corrected chi connectivity index (χ3v) is 4.02. The average Bonchev–Trinajstić information content (AvgIpc) is 2.82. The second-order valence-electron chi connectivity index (χ2n) is 5.49. The zero-order valence-corrected chi connectivity index (χ0v) is 11.5. The van der Waals surface area contributed by atoms with Crippen LogP contribution in [0.25, 0.3) is 0 Å². The van der Waals surface area contributed by atoms with E-state index < -0.39 is 11.4 Å². The maximum Gasteiger partial charge on any atom is 0.310 e. The molecule has 0 radical (unpaired) electrons. The third kappa shape index (κ3) is 3.59. The highest BCUT2D eigenvalue weighted by Crippen LogP contribution is 2.38. The van der Waals surface area contributed by atoms with Crippen molar-refractivity contribution in [2.45, 2.75) is 51.5 Å². The highest BCUT2D eigenvalue weighted by atomic mass is 16.4. The van der Waals surface area contributed by atoms with Gasteiger partial charge in [-0.15, -0.1) is 0 Å². The summed E-state index contributed by atoms with van der Waals surface area (Å²) in [6.07, 6.45) is 8.44. The van der Waals surface area contributed by atoms with E-state index in [2.05, 4.69) is 15.3 Å². The van der Waals surface area contributed by atoms with Gasteiger partial charge in [0.2, 0.25) is 5.91 Å². The molecular weight excluding hydrogens is 258 g/mol. The number of aromatic amines is 1. The maximum atomic E-state index is 12.0. The van der Waals surface area contributed by atoms with Gasteiger partial charge in [0.25, 0.3) is 0 Å². The number of hydrogen-bond acceptors (Lipinski definition) is 3. The van der Waals surface area contributed by atoms with E-state index in [0.717, 1.165) is 25.7 Å². The SMILES string of the molecule is O=C(CC1(C(=O)O)CCCCCC1)NCc1ncc[nH]1. The number of nitrogens with zero attached hydrogens (tertiary/aromatic N) is 1. The van der Waals surface area contributed by atoms with Gasteiger partial charge in [0, 0.05) is 18.8 Å². The molecule has 3 N–H and O–H groups in total. The van der Waals surface area contributed by atoms with Crippen LogP contribution in [0.3, 0.4) is 0 Å². The molecule has 1 fully saturated rings. The first-order chi connectivity index (χ1) is 9.62. The molecule has 0 atom stereocenters. The number of imidazole rings is 1. The number of nitrogens with one attached hydrogen (secondary N) is 2. The van der Waals surface area contributed by atoms with Gasteiger partial charge in [-0.05, 0) is 12.8 Å². The fourth-order valence-electron chi connectivity index (χ4n) is 2.82. The van der Waals surface area contributed by atoms with Gasteiger partial charge >= 0.3 is 5.97 Å². The zero-order chi connectivity index (χ0) is 14.4. The number of amides is 1. The normalized spacial score (nSPS) is 18.2. The van der Waals surface area contributed by atoms with E-state index in [1.807, 2.05) is 0 Å². The van der Waals surface area contributed by atoms with E-state index in [9.17, 15) is 14.7 Å². The van der Waals surface area contributed by atoms with E-state index in [0.29, 0.717) is 25.2 Å². The molecule has 1 aliphatic rings. The molecular formula is C14H21N3O3. The fourth-order valence-corrected chi connectivity index (χ4v) is 2.82. The molecule has 6 heteroatoms. The largest absolute Gasteiger partial charge is 0.481 e. The Morgan fingerprint density at radius 3 is 2.55 bits per heavy atom. The summed E-state index contributed by atoms with van der Waals surface area (Å²) in [5, 5.41) is 12.3. The topological polar surface area (TPSA) is 95.1 Å². The van der Waals surface area contributed by atoms with Gasteiger partial charge in [0.15, 0.2) is 0 Å². The molecule has 1 aliphatic carbocycles. The van der Waals surface area contributed by atoms with Gasteiger partial charge in [-0.3, -0.25) is 9.59 Å². The van der Waals surface area contributed by atoms with Crippen molar-refractivity contribution in [3.8, 4) is 0 Å². The van der Waals surface area contributed by atoms with Gasteiger partial charge in [-0.25, -0.2) is 4.98 Å². The first-order valence-corrected chi connectivity index (χ1v) is 7.11. The van der Waals surface area contributed by atoms with Crippen LogP contribution in [0.15, 0.2) is 12.4 Å². The van der Waals surface area contributed by atoms with Gasteiger partial charge in [-0.1, -0.05) is 25.7 Å². The predicted octanol–water partition coefficient (Wildman–Crippen LogP) is 1.84. The number of rotatable bonds is 5. The molecule has 110 valence electrons. The highest BCUT2D eigenvalue weighted by molar-refractivity contribution is 5.84. The van der Waals surface area contributed by atoms with Crippen LogP contribution in [0.2, 0.25) is 0 Å². The molecule has 6 nitrogen and oxygen atoms in total. The van der Waals surface area contributed by atoms with Crippen molar-refractivity contribution in [2.75, 3.05) is 0 Å². The lowest BCUT2D eigenvalue weighted by Gasteiger charge is -2.27. The summed E-state index contributed by atoms with van der Waals surface area (Å²) in [5.74, 6) is -0.387. The molecule has 1 aromatic heterocycles. The quantitative estimate of drug-likeness (QED) is 0.717. The van der Waals surface area contributed by atoms with E-state index in [-0.39, 0.29) is 12.3 Å². The summed E-state index contributed by atoms with van der Waals surface area (Å²) in [4.78, 5) is 30.5. The van der Waals surface area contributed by atoms with Crippen molar-refractivity contribution in [2.24, 2.45) is 5.41 Å². The molecule has 20 heavy (non-hydrogen) atoms. The van der Waals surface area contributed by atoms with Gasteiger partial charge in [-0.2, -0.15) is 0 Å². The predicted molar refractivity (Wildman–Crippen MR) is 72.8 cm³/mol. The smallest absolute Gasteiger partial charge is 0.310 e. The minimum Gasteiger partial charge on any atom is -0.481 e. The van der Waals surface area contributed by atoms with Crippen LogP contribution >= 0.6 is 0 Å². The Hall–Kier alpha value is -1.85. The van der Waals surface area contributed by atoms with E-state index in [1.165, 1.54) is 0 Å². The first-order valence-electron chi connectivity index (χ1n) is 7.11. The number of carbonyl (C=O) groups is 2. The number of H-pyrrole nitrogens is 1. The summed E-state index contributed by atoms with van der Waals surface area (Å²) < 4.78 is 0. The third-order valence-electron chi connectivity index (χ3n) is 4.02. The maximum absolute atomic E-state index is 12.0. The molecule has 0 bridgehead atoms. The van der Waals surface area contributed by atoms with Crippen LogP contribution in [0.4, 0.5) is 0 Å². The summed E-state index contributed by atoms with van der Waals surface area (Å²) in [6.45, 7) is 0.307. The number of aliphatic carboxylic acids is 1. The summed E-state index contributed by atoms with van der Waals surface area (Å²) in [5.41, 5.74) is -0.885. The first kappa shape index (κ1) is 14.6. The Morgan fingerprint density at radius 2 is 2.00 bits per heavy atom. The van der Waals surface area contributed by atoms with Crippen molar-refractivity contribution in [3.05, 3.63) is 18.2 Å². The average molecular weight is 279 g/mol. The number of hydrogen-bond donors (Lipinski definition) is 3. The van der Waals surface area contributed by atoms with Crippen molar-refractivity contribution >= 4 is 11.9 Å². The molecule has 1 amide bonds. The van der Waals surface area contributed by atoms with E-state index >= 15 is 0 Å². The molecule has 1 aromatic rings. The Kier molecular flexibility index (Phi) is 4.76. The van der Waals surface area contributed by atoms with Gasteiger partial charge in [0.05, 0.1) is 12.0 Å². The molecule has 2 rings (SSSR count). The Labute approximate surface area is 118 Å². The molecule has 0 saturated heterocycles. The fraction of sp³-hybridized carbons (Fsp3) is 0.643.